The number of aliphatic carboxylic acids is 1. The Bertz CT molecular complexity index is 474. The normalized spacial score (nSPS) is 14.1. The molecular weight excluding hydrogens is 452 g/mol. The van der Waals surface area contributed by atoms with Crippen molar-refractivity contribution in [1.29, 1.82) is 0 Å². The number of carboxylic acids is 1. The standard InChI is InChI=1S/C35H70O2/c1-5-8-11-13-15-16-17-18-19-20-21-23-25-28-31-35(4,34(36)37)32-33(29-26-10-7-3)30-27-24-22-14-12-9-6-2/h33H,5-32H2,1-4H3,(H,36,37). The number of rotatable bonds is 30. The van der Waals surface area contributed by atoms with E-state index in [4.69, 9.17) is 0 Å². The zero-order valence-corrected chi connectivity index (χ0v) is 26.2. The van der Waals surface area contributed by atoms with Crippen molar-refractivity contribution in [3.63, 3.8) is 0 Å². The van der Waals surface area contributed by atoms with E-state index in [1.807, 2.05) is 0 Å². The van der Waals surface area contributed by atoms with Crippen molar-refractivity contribution in [2.45, 2.75) is 207 Å². The van der Waals surface area contributed by atoms with E-state index in [9.17, 15) is 9.90 Å². The zero-order valence-electron chi connectivity index (χ0n) is 26.2. The van der Waals surface area contributed by atoms with Gasteiger partial charge in [0.2, 0.25) is 0 Å². The first kappa shape index (κ1) is 36.5. The first-order valence-corrected chi connectivity index (χ1v) is 17.2. The minimum atomic E-state index is -0.553. The molecule has 0 aromatic carbocycles. The second kappa shape index (κ2) is 27.1. The summed E-state index contributed by atoms with van der Waals surface area (Å²) in [6.45, 7) is 8.88. The van der Waals surface area contributed by atoms with Crippen LogP contribution in [0, 0.1) is 11.3 Å². The SMILES string of the molecule is CCCCCCCCCCCCCCCCC(C)(CC(CCCCC)CCCCCCCCC)C(=O)O. The topological polar surface area (TPSA) is 37.3 Å². The Morgan fingerprint density at radius 1 is 0.514 bits per heavy atom. The summed E-state index contributed by atoms with van der Waals surface area (Å²) < 4.78 is 0. The first-order chi connectivity index (χ1) is 18.0. The summed E-state index contributed by atoms with van der Waals surface area (Å²) in [5, 5.41) is 10.1. The molecule has 0 aromatic heterocycles. The van der Waals surface area contributed by atoms with E-state index in [0.717, 1.165) is 19.3 Å². The molecule has 2 atom stereocenters. The van der Waals surface area contributed by atoms with E-state index in [0.29, 0.717) is 5.92 Å². The van der Waals surface area contributed by atoms with Gasteiger partial charge in [0.1, 0.15) is 0 Å². The molecule has 0 radical (unpaired) electrons. The van der Waals surface area contributed by atoms with Crippen molar-refractivity contribution in [3.8, 4) is 0 Å². The summed E-state index contributed by atoms with van der Waals surface area (Å²) in [6, 6.07) is 0. The maximum Gasteiger partial charge on any atom is 0.309 e. The van der Waals surface area contributed by atoms with Crippen LogP contribution in [0.5, 0.6) is 0 Å². The van der Waals surface area contributed by atoms with E-state index < -0.39 is 11.4 Å². The van der Waals surface area contributed by atoms with Gasteiger partial charge in [0.05, 0.1) is 5.41 Å². The van der Waals surface area contributed by atoms with Crippen molar-refractivity contribution in [2.75, 3.05) is 0 Å². The predicted octanol–water partition coefficient (Wildman–Crippen LogP) is 12.7. The van der Waals surface area contributed by atoms with Crippen LogP contribution in [0.3, 0.4) is 0 Å². The van der Waals surface area contributed by atoms with Gasteiger partial charge in [0.25, 0.3) is 0 Å². The lowest BCUT2D eigenvalue weighted by Crippen LogP contribution is -2.30. The Hall–Kier alpha value is -0.530. The average molecular weight is 523 g/mol. The van der Waals surface area contributed by atoms with E-state index in [1.54, 1.807) is 0 Å². The van der Waals surface area contributed by atoms with Crippen LogP contribution < -0.4 is 0 Å². The molecule has 0 bridgehead atoms. The summed E-state index contributed by atoms with van der Waals surface area (Å²) in [5.41, 5.74) is -0.533. The lowest BCUT2D eigenvalue weighted by atomic mass is 9.74. The molecule has 0 saturated heterocycles. The smallest absolute Gasteiger partial charge is 0.309 e. The molecule has 0 amide bonds. The molecule has 0 aliphatic carbocycles. The Kier molecular flexibility index (Phi) is 26.7. The molecule has 0 aliphatic rings. The molecule has 2 unspecified atom stereocenters. The summed E-state index contributed by atoms with van der Waals surface area (Å²) >= 11 is 0. The summed E-state index contributed by atoms with van der Waals surface area (Å²) in [4.78, 5) is 12.3. The quantitative estimate of drug-likeness (QED) is 0.0952. The highest BCUT2D eigenvalue weighted by Crippen LogP contribution is 2.37. The van der Waals surface area contributed by atoms with Crippen molar-refractivity contribution in [3.05, 3.63) is 0 Å². The van der Waals surface area contributed by atoms with Gasteiger partial charge in [-0.15, -0.1) is 0 Å². The largest absolute Gasteiger partial charge is 0.481 e. The molecule has 0 heterocycles. The van der Waals surface area contributed by atoms with Crippen LogP contribution in [0.25, 0.3) is 0 Å². The van der Waals surface area contributed by atoms with Crippen LogP contribution in [0.2, 0.25) is 0 Å². The van der Waals surface area contributed by atoms with Gasteiger partial charge in [-0.1, -0.05) is 188 Å². The lowest BCUT2D eigenvalue weighted by molar-refractivity contribution is -0.149. The summed E-state index contributed by atoms with van der Waals surface area (Å²) in [7, 11) is 0. The predicted molar refractivity (Wildman–Crippen MR) is 166 cm³/mol. The fourth-order valence-electron chi connectivity index (χ4n) is 6.06. The van der Waals surface area contributed by atoms with Gasteiger partial charge < -0.3 is 5.11 Å². The second-order valence-electron chi connectivity index (χ2n) is 12.7. The first-order valence-electron chi connectivity index (χ1n) is 17.2. The zero-order chi connectivity index (χ0) is 27.5. The number of hydrogen-bond acceptors (Lipinski definition) is 1. The van der Waals surface area contributed by atoms with E-state index in [2.05, 4.69) is 27.7 Å². The van der Waals surface area contributed by atoms with Crippen LogP contribution in [-0.2, 0) is 4.79 Å². The molecule has 1 N–H and O–H groups in total. The third-order valence-electron chi connectivity index (χ3n) is 8.77. The van der Waals surface area contributed by atoms with Gasteiger partial charge in [0, 0.05) is 0 Å². The lowest BCUT2D eigenvalue weighted by Gasteiger charge is -2.30. The van der Waals surface area contributed by atoms with E-state index in [1.165, 1.54) is 161 Å². The molecule has 0 rings (SSSR count). The van der Waals surface area contributed by atoms with Gasteiger partial charge in [0.15, 0.2) is 0 Å². The maximum atomic E-state index is 12.3. The fourth-order valence-corrected chi connectivity index (χ4v) is 6.06. The molecule has 2 nitrogen and oxygen atoms in total. The molecule has 0 spiro atoms. The van der Waals surface area contributed by atoms with Crippen LogP contribution in [0.15, 0.2) is 0 Å². The number of unbranched alkanes of at least 4 members (excludes halogenated alkanes) is 21. The number of carbonyl (C=O) groups is 1. The monoisotopic (exact) mass is 523 g/mol. The van der Waals surface area contributed by atoms with E-state index >= 15 is 0 Å². The molecule has 222 valence electrons. The molecular formula is C35H70O2. The van der Waals surface area contributed by atoms with E-state index in [-0.39, 0.29) is 0 Å². The molecule has 0 saturated carbocycles. The third kappa shape index (κ3) is 23.1. The molecule has 0 fully saturated rings. The minimum absolute atomic E-state index is 0.533. The molecule has 37 heavy (non-hydrogen) atoms. The average Bonchev–Trinajstić information content (AvgIpc) is 2.88. The van der Waals surface area contributed by atoms with Gasteiger partial charge in [-0.3, -0.25) is 4.79 Å². The highest BCUT2D eigenvalue weighted by atomic mass is 16.4. The Labute approximate surface area is 234 Å². The maximum absolute atomic E-state index is 12.3. The Morgan fingerprint density at radius 2 is 0.811 bits per heavy atom. The van der Waals surface area contributed by atoms with Gasteiger partial charge in [-0.25, -0.2) is 0 Å². The van der Waals surface area contributed by atoms with Crippen LogP contribution in [0.1, 0.15) is 207 Å². The highest BCUT2D eigenvalue weighted by molar-refractivity contribution is 5.74. The number of hydrogen-bond donors (Lipinski definition) is 1. The van der Waals surface area contributed by atoms with Gasteiger partial charge >= 0.3 is 5.97 Å². The van der Waals surface area contributed by atoms with Crippen molar-refractivity contribution in [1.82, 2.24) is 0 Å². The van der Waals surface area contributed by atoms with Crippen LogP contribution in [-0.4, -0.2) is 11.1 Å². The molecule has 2 heteroatoms. The van der Waals surface area contributed by atoms with Crippen molar-refractivity contribution in [2.24, 2.45) is 11.3 Å². The summed E-state index contributed by atoms with van der Waals surface area (Å²) in [6.07, 6.45) is 36.4. The minimum Gasteiger partial charge on any atom is -0.481 e. The molecule has 0 aliphatic heterocycles. The Balaban J connectivity index is 4.15. The van der Waals surface area contributed by atoms with Crippen molar-refractivity contribution < 1.29 is 9.90 Å². The number of carboxylic acid groups (broad SMARTS) is 1. The highest BCUT2D eigenvalue weighted by Gasteiger charge is 2.34. The third-order valence-corrected chi connectivity index (χ3v) is 8.77. The van der Waals surface area contributed by atoms with Gasteiger partial charge in [-0.2, -0.15) is 0 Å². The second-order valence-corrected chi connectivity index (χ2v) is 12.7. The molecule has 0 aromatic rings. The fraction of sp³-hybridized carbons (Fsp3) is 0.971. The Morgan fingerprint density at radius 3 is 1.19 bits per heavy atom. The summed E-state index contributed by atoms with van der Waals surface area (Å²) in [5.74, 6) is 0.0391. The van der Waals surface area contributed by atoms with Crippen LogP contribution >= 0.6 is 0 Å². The van der Waals surface area contributed by atoms with Crippen molar-refractivity contribution >= 4 is 5.97 Å². The van der Waals surface area contributed by atoms with Crippen LogP contribution in [0.4, 0.5) is 0 Å². The van der Waals surface area contributed by atoms with Gasteiger partial charge in [-0.05, 0) is 25.7 Å².